The predicted octanol–water partition coefficient (Wildman–Crippen LogP) is 5.48. The molecule has 1 rings (SSSR count). The summed E-state index contributed by atoms with van der Waals surface area (Å²) in [6.07, 6.45) is 14.4. The van der Waals surface area contributed by atoms with E-state index in [4.69, 9.17) is 4.74 Å². The van der Waals surface area contributed by atoms with Crippen molar-refractivity contribution in [3.63, 3.8) is 0 Å². The lowest BCUT2D eigenvalue weighted by atomic mass is 9.98. The maximum Gasteiger partial charge on any atom is 0.124 e. The fourth-order valence-corrected chi connectivity index (χ4v) is 2.72. The zero-order valence-electron chi connectivity index (χ0n) is 14.4. The first-order chi connectivity index (χ1) is 10.2. The molecule has 0 aromatic rings. The van der Waals surface area contributed by atoms with Gasteiger partial charge in [0.25, 0.3) is 0 Å². The zero-order chi connectivity index (χ0) is 15.5. The van der Waals surface area contributed by atoms with Crippen molar-refractivity contribution < 1.29 is 4.74 Å². The van der Waals surface area contributed by atoms with Gasteiger partial charge in [0.05, 0.1) is 7.11 Å². The highest BCUT2D eigenvalue weighted by molar-refractivity contribution is 5.36. The van der Waals surface area contributed by atoms with Crippen molar-refractivity contribution in [2.24, 2.45) is 0 Å². The molecule has 120 valence electrons. The highest BCUT2D eigenvalue weighted by Gasteiger charge is 2.14. The topological polar surface area (TPSA) is 21.3 Å². The Kier molecular flexibility index (Phi) is 8.96. The van der Waals surface area contributed by atoms with Crippen molar-refractivity contribution >= 4 is 0 Å². The number of ether oxygens (including phenoxy) is 1. The van der Waals surface area contributed by atoms with Crippen molar-refractivity contribution in [1.82, 2.24) is 5.32 Å². The van der Waals surface area contributed by atoms with Crippen molar-refractivity contribution in [1.29, 1.82) is 0 Å². The largest absolute Gasteiger partial charge is 0.496 e. The van der Waals surface area contributed by atoms with Crippen molar-refractivity contribution in [3.8, 4) is 0 Å². The third kappa shape index (κ3) is 6.41. The van der Waals surface area contributed by atoms with Gasteiger partial charge in [-0.2, -0.15) is 0 Å². The maximum atomic E-state index is 5.70. The van der Waals surface area contributed by atoms with E-state index < -0.39 is 0 Å². The Morgan fingerprint density at radius 1 is 1.24 bits per heavy atom. The van der Waals surface area contributed by atoms with E-state index in [0.717, 1.165) is 25.1 Å². The number of rotatable bonds is 9. The standard InChI is InChI=1S/C19H33NO/c1-5-7-9-12-17(11-8-6-2)15-19(21-4)18-13-10-14-20-16(18)3/h11,15,20H,5-10,12-14H2,1-4H3/b17-11+,19-15+. The molecular weight excluding hydrogens is 258 g/mol. The molecule has 0 saturated carbocycles. The molecule has 0 spiro atoms. The third-order valence-corrected chi connectivity index (χ3v) is 4.04. The van der Waals surface area contributed by atoms with Crippen LogP contribution < -0.4 is 5.32 Å². The molecule has 2 nitrogen and oxygen atoms in total. The minimum atomic E-state index is 1.05. The first-order valence-corrected chi connectivity index (χ1v) is 8.61. The monoisotopic (exact) mass is 291 g/mol. The Labute approximate surface area is 131 Å². The van der Waals surface area contributed by atoms with Crippen molar-refractivity contribution in [3.05, 3.63) is 34.8 Å². The average Bonchev–Trinajstić information content (AvgIpc) is 2.50. The van der Waals surface area contributed by atoms with Gasteiger partial charge in [0.1, 0.15) is 5.76 Å². The van der Waals surface area contributed by atoms with Gasteiger partial charge < -0.3 is 10.1 Å². The molecule has 21 heavy (non-hydrogen) atoms. The SMILES string of the molecule is CCC/C=C(/C=C(/OC)C1=C(C)NCCC1)CCCCC. The van der Waals surface area contributed by atoms with Crippen LogP contribution >= 0.6 is 0 Å². The van der Waals surface area contributed by atoms with Gasteiger partial charge in [-0.05, 0) is 50.7 Å². The summed E-state index contributed by atoms with van der Waals surface area (Å²) in [5.41, 5.74) is 4.06. The Morgan fingerprint density at radius 3 is 2.67 bits per heavy atom. The lowest BCUT2D eigenvalue weighted by Crippen LogP contribution is -2.21. The molecule has 0 bridgehead atoms. The fourth-order valence-electron chi connectivity index (χ4n) is 2.72. The molecule has 0 aliphatic carbocycles. The number of hydrogen-bond donors (Lipinski definition) is 1. The normalized spacial score (nSPS) is 17.0. The first kappa shape index (κ1) is 17.9. The number of nitrogens with one attached hydrogen (secondary N) is 1. The van der Waals surface area contributed by atoms with Crippen LogP contribution in [0.5, 0.6) is 0 Å². The molecular formula is C19H33NO. The predicted molar refractivity (Wildman–Crippen MR) is 92.2 cm³/mol. The van der Waals surface area contributed by atoms with Crippen LogP contribution in [-0.4, -0.2) is 13.7 Å². The van der Waals surface area contributed by atoms with Gasteiger partial charge in [0.2, 0.25) is 0 Å². The van der Waals surface area contributed by atoms with Gasteiger partial charge in [0.15, 0.2) is 0 Å². The summed E-state index contributed by atoms with van der Waals surface area (Å²) >= 11 is 0. The first-order valence-electron chi connectivity index (χ1n) is 8.61. The highest BCUT2D eigenvalue weighted by Crippen LogP contribution is 2.25. The van der Waals surface area contributed by atoms with Crippen LogP contribution in [0.2, 0.25) is 0 Å². The average molecular weight is 291 g/mol. The quantitative estimate of drug-likeness (QED) is 0.345. The fraction of sp³-hybridized carbons (Fsp3) is 0.684. The number of unbranched alkanes of at least 4 members (excludes halogenated alkanes) is 3. The lowest BCUT2D eigenvalue weighted by molar-refractivity contribution is 0.294. The molecule has 0 atom stereocenters. The Bertz CT molecular complexity index is 390. The third-order valence-electron chi connectivity index (χ3n) is 4.04. The number of methoxy groups -OCH3 is 1. The van der Waals surface area contributed by atoms with Crippen molar-refractivity contribution in [2.45, 2.75) is 72.1 Å². The zero-order valence-corrected chi connectivity index (χ0v) is 14.4. The summed E-state index contributed by atoms with van der Waals surface area (Å²) < 4.78 is 5.70. The van der Waals surface area contributed by atoms with E-state index in [2.05, 4.69) is 38.2 Å². The van der Waals surface area contributed by atoms with E-state index in [1.165, 1.54) is 55.4 Å². The van der Waals surface area contributed by atoms with Crippen molar-refractivity contribution in [2.75, 3.05) is 13.7 Å². The molecule has 0 unspecified atom stereocenters. The molecule has 1 heterocycles. The van der Waals surface area contributed by atoms with E-state index in [1.807, 2.05) is 0 Å². The summed E-state index contributed by atoms with van der Waals surface area (Å²) in [5, 5.41) is 3.45. The Hall–Kier alpha value is -1.18. The van der Waals surface area contributed by atoms with Crippen LogP contribution in [0.25, 0.3) is 0 Å². The number of allylic oxidation sites excluding steroid dienone is 5. The molecule has 0 saturated heterocycles. The molecule has 0 aromatic carbocycles. The number of hydrogen-bond acceptors (Lipinski definition) is 2. The van der Waals surface area contributed by atoms with Crippen LogP contribution in [-0.2, 0) is 4.74 Å². The summed E-state index contributed by atoms with van der Waals surface area (Å²) in [4.78, 5) is 0. The van der Waals surface area contributed by atoms with Crippen LogP contribution in [0.15, 0.2) is 34.8 Å². The lowest BCUT2D eigenvalue weighted by Gasteiger charge is -2.21. The van der Waals surface area contributed by atoms with E-state index in [1.54, 1.807) is 7.11 Å². The molecule has 1 aliphatic heterocycles. The van der Waals surface area contributed by atoms with Gasteiger partial charge >= 0.3 is 0 Å². The highest BCUT2D eigenvalue weighted by atomic mass is 16.5. The van der Waals surface area contributed by atoms with Crippen LogP contribution in [0.1, 0.15) is 72.1 Å². The molecule has 2 heteroatoms. The molecule has 0 aromatic heterocycles. The summed E-state index contributed by atoms with van der Waals surface area (Å²) in [6.45, 7) is 7.74. The Balaban J connectivity index is 2.88. The van der Waals surface area contributed by atoms with Gasteiger partial charge in [0, 0.05) is 17.8 Å². The van der Waals surface area contributed by atoms with E-state index in [0.29, 0.717) is 0 Å². The second kappa shape index (κ2) is 10.5. The minimum absolute atomic E-state index is 1.05. The molecule has 0 radical (unpaired) electrons. The van der Waals surface area contributed by atoms with Gasteiger partial charge in [-0.15, -0.1) is 0 Å². The van der Waals surface area contributed by atoms with Gasteiger partial charge in [-0.25, -0.2) is 0 Å². The second-order valence-corrected chi connectivity index (χ2v) is 5.87. The molecule has 1 N–H and O–H groups in total. The smallest absolute Gasteiger partial charge is 0.124 e. The van der Waals surface area contributed by atoms with Gasteiger partial charge in [-0.1, -0.05) is 39.2 Å². The van der Waals surface area contributed by atoms with Crippen LogP contribution in [0, 0.1) is 0 Å². The van der Waals surface area contributed by atoms with Crippen LogP contribution in [0.4, 0.5) is 0 Å². The summed E-state index contributed by atoms with van der Waals surface area (Å²) in [6, 6.07) is 0. The van der Waals surface area contributed by atoms with E-state index in [9.17, 15) is 0 Å². The summed E-state index contributed by atoms with van der Waals surface area (Å²) in [5.74, 6) is 1.05. The molecule has 0 fully saturated rings. The van der Waals surface area contributed by atoms with E-state index >= 15 is 0 Å². The molecule has 1 aliphatic rings. The Morgan fingerprint density at radius 2 is 2.05 bits per heavy atom. The maximum absolute atomic E-state index is 5.70. The summed E-state index contributed by atoms with van der Waals surface area (Å²) in [7, 11) is 1.80. The van der Waals surface area contributed by atoms with Crippen LogP contribution in [0.3, 0.4) is 0 Å². The van der Waals surface area contributed by atoms with E-state index in [-0.39, 0.29) is 0 Å². The minimum Gasteiger partial charge on any atom is -0.496 e. The second-order valence-electron chi connectivity index (χ2n) is 5.87. The van der Waals surface area contributed by atoms with Gasteiger partial charge in [-0.3, -0.25) is 0 Å². The molecule has 0 amide bonds.